The smallest absolute Gasteiger partial charge is 0.229 e. The Morgan fingerprint density at radius 1 is 0.933 bits per heavy atom. The fourth-order valence-electron chi connectivity index (χ4n) is 3.54. The minimum atomic E-state index is -1.44. The molecule has 0 spiro atoms. The van der Waals surface area contributed by atoms with Gasteiger partial charge < -0.3 is 39.7 Å². The number of hydrogen-bond acceptors (Lipinski definition) is 9. The average molecular weight is 418 g/mol. The van der Waals surface area contributed by atoms with Gasteiger partial charge in [0.1, 0.15) is 35.6 Å². The number of benzene rings is 2. The van der Waals surface area contributed by atoms with Crippen molar-refractivity contribution in [3.63, 3.8) is 0 Å². The number of carbonyl (C=O) groups excluding carboxylic acids is 1. The van der Waals surface area contributed by atoms with Gasteiger partial charge in [-0.3, -0.25) is 4.79 Å². The molecular formula is C21H22O9. The molecule has 4 rings (SSSR count). The van der Waals surface area contributed by atoms with Crippen molar-refractivity contribution in [2.45, 2.75) is 49.8 Å². The van der Waals surface area contributed by atoms with E-state index in [2.05, 4.69) is 0 Å². The Balaban J connectivity index is 1.50. The molecule has 2 aromatic carbocycles. The normalized spacial score (nSPS) is 33.5. The van der Waals surface area contributed by atoms with Crippen LogP contribution < -0.4 is 9.47 Å². The van der Waals surface area contributed by atoms with Crippen LogP contribution in [-0.2, 0) is 4.74 Å². The second-order valence-electron chi connectivity index (χ2n) is 7.40. The van der Waals surface area contributed by atoms with Gasteiger partial charge in [-0.05, 0) is 36.8 Å². The van der Waals surface area contributed by atoms with Crippen LogP contribution in [0.5, 0.6) is 17.2 Å². The summed E-state index contributed by atoms with van der Waals surface area (Å²) in [5.41, 5.74) is 0.681. The Morgan fingerprint density at radius 3 is 2.33 bits per heavy atom. The number of ether oxygens (including phenoxy) is 3. The summed E-state index contributed by atoms with van der Waals surface area (Å²) in [5.74, 6) is -0.0982. The third kappa shape index (κ3) is 3.62. The van der Waals surface area contributed by atoms with Gasteiger partial charge in [0.2, 0.25) is 6.29 Å². The lowest BCUT2D eigenvalue weighted by atomic mass is 9.93. The topological polar surface area (TPSA) is 146 Å². The molecule has 2 aliphatic heterocycles. The minimum absolute atomic E-state index is 0.0620. The molecule has 0 aliphatic carbocycles. The summed E-state index contributed by atoms with van der Waals surface area (Å²) in [6.07, 6.45) is -8.40. The fraction of sp³-hybridized carbons (Fsp3) is 0.381. The number of rotatable bonds is 3. The maximum Gasteiger partial charge on any atom is 0.229 e. The van der Waals surface area contributed by atoms with Crippen LogP contribution in [0.25, 0.3) is 0 Å². The largest absolute Gasteiger partial charge is 0.508 e. The van der Waals surface area contributed by atoms with Gasteiger partial charge >= 0.3 is 0 Å². The van der Waals surface area contributed by atoms with Gasteiger partial charge in [-0.1, -0.05) is 12.1 Å². The molecule has 2 aromatic rings. The molecule has 9 heteroatoms. The van der Waals surface area contributed by atoms with Gasteiger partial charge in [0.25, 0.3) is 0 Å². The van der Waals surface area contributed by atoms with E-state index in [1.54, 1.807) is 19.1 Å². The average Bonchev–Trinajstić information content (AvgIpc) is 2.73. The SMILES string of the molecule is C[C@@H]1O[C@@H](Oc2ccc(C3Oc4cc(O)ccc4C(=O)C3O)cc2)[C@H](O)[C@H](O)[C@H]1O. The van der Waals surface area contributed by atoms with Crippen molar-refractivity contribution in [3.8, 4) is 17.2 Å². The van der Waals surface area contributed by atoms with Gasteiger partial charge in [0.05, 0.1) is 11.7 Å². The Bertz CT molecular complexity index is 929. The lowest BCUT2D eigenvalue weighted by molar-refractivity contribution is -0.268. The third-order valence-corrected chi connectivity index (χ3v) is 5.31. The number of fused-ring (bicyclic) bond motifs is 1. The fourth-order valence-corrected chi connectivity index (χ4v) is 3.54. The molecular weight excluding hydrogens is 396 g/mol. The number of aliphatic hydroxyl groups is 4. The Morgan fingerprint density at radius 2 is 1.63 bits per heavy atom. The van der Waals surface area contributed by atoms with Crippen LogP contribution >= 0.6 is 0 Å². The van der Waals surface area contributed by atoms with Crippen LogP contribution in [0.4, 0.5) is 0 Å². The van der Waals surface area contributed by atoms with Crippen molar-refractivity contribution in [2.24, 2.45) is 0 Å². The number of carbonyl (C=O) groups is 1. The van der Waals surface area contributed by atoms with E-state index in [1.165, 1.54) is 30.3 Å². The van der Waals surface area contributed by atoms with E-state index in [9.17, 15) is 30.3 Å². The van der Waals surface area contributed by atoms with Crippen LogP contribution in [-0.4, -0.2) is 68.1 Å². The summed E-state index contributed by atoms with van der Waals surface area (Å²) >= 11 is 0. The highest BCUT2D eigenvalue weighted by molar-refractivity contribution is 6.03. The number of phenolic OH excluding ortho intramolecular Hbond substituents is 1. The lowest BCUT2D eigenvalue weighted by Gasteiger charge is -2.38. The van der Waals surface area contributed by atoms with Gasteiger partial charge in [0, 0.05) is 6.07 Å². The second kappa shape index (κ2) is 7.86. The van der Waals surface area contributed by atoms with Gasteiger partial charge in [-0.25, -0.2) is 0 Å². The van der Waals surface area contributed by atoms with E-state index in [1.807, 2.05) is 0 Å². The van der Waals surface area contributed by atoms with E-state index >= 15 is 0 Å². The molecule has 160 valence electrons. The first kappa shape index (κ1) is 20.6. The van der Waals surface area contributed by atoms with Gasteiger partial charge in [0.15, 0.2) is 18.0 Å². The molecule has 7 atom stereocenters. The number of aliphatic hydroxyl groups excluding tert-OH is 4. The first-order valence-electron chi connectivity index (χ1n) is 9.44. The quantitative estimate of drug-likeness (QED) is 0.474. The minimum Gasteiger partial charge on any atom is -0.508 e. The molecule has 1 fully saturated rings. The molecule has 30 heavy (non-hydrogen) atoms. The number of Topliss-reactive ketones (excluding diaryl/α,β-unsaturated/α-hetero) is 1. The Labute approximate surface area is 171 Å². The second-order valence-corrected chi connectivity index (χ2v) is 7.40. The van der Waals surface area contributed by atoms with Crippen molar-refractivity contribution in [3.05, 3.63) is 53.6 Å². The van der Waals surface area contributed by atoms with E-state index in [0.29, 0.717) is 11.3 Å². The lowest BCUT2D eigenvalue weighted by Crippen LogP contribution is -2.58. The number of hydrogen-bond donors (Lipinski definition) is 5. The monoisotopic (exact) mass is 418 g/mol. The molecule has 1 saturated heterocycles. The van der Waals surface area contributed by atoms with Crippen LogP contribution in [0.15, 0.2) is 42.5 Å². The van der Waals surface area contributed by atoms with Crippen molar-refractivity contribution >= 4 is 5.78 Å². The third-order valence-electron chi connectivity index (χ3n) is 5.31. The maximum atomic E-state index is 12.4. The summed E-state index contributed by atoms with van der Waals surface area (Å²) in [6.45, 7) is 1.55. The van der Waals surface area contributed by atoms with Crippen molar-refractivity contribution in [1.82, 2.24) is 0 Å². The zero-order chi connectivity index (χ0) is 21.6. The van der Waals surface area contributed by atoms with E-state index in [0.717, 1.165) is 0 Å². The predicted octanol–water partition coefficient (Wildman–Crippen LogP) is 0.276. The molecule has 0 amide bonds. The molecule has 5 N–H and O–H groups in total. The van der Waals surface area contributed by atoms with E-state index in [4.69, 9.17) is 14.2 Å². The predicted molar refractivity (Wildman–Crippen MR) is 101 cm³/mol. The first-order valence-corrected chi connectivity index (χ1v) is 9.44. The first-order chi connectivity index (χ1) is 14.3. The van der Waals surface area contributed by atoms with Crippen LogP contribution in [0.3, 0.4) is 0 Å². The number of aromatic hydroxyl groups is 1. The zero-order valence-electron chi connectivity index (χ0n) is 16.0. The highest BCUT2D eigenvalue weighted by Crippen LogP contribution is 2.37. The van der Waals surface area contributed by atoms with Crippen molar-refractivity contribution in [1.29, 1.82) is 0 Å². The molecule has 2 unspecified atom stereocenters. The molecule has 9 nitrogen and oxygen atoms in total. The molecule has 0 bridgehead atoms. The summed E-state index contributed by atoms with van der Waals surface area (Å²) in [6, 6.07) is 10.3. The number of ketones is 1. The van der Waals surface area contributed by atoms with Crippen LogP contribution in [0.1, 0.15) is 28.9 Å². The highest BCUT2D eigenvalue weighted by atomic mass is 16.7. The van der Waals surface area contributed by atoms with Gasteiger partial charge in [-0.15, -0.1) is 0 Å². The maximum absolute atomic E-state index is 12.4. The Hall–Kier alpha value is -2.69. The summed E-state index contributed by atoms with van der Waals surface area (Å²) in [5, 5.41) is 49.7. The molecule has 2 heterocycles. The van der Waals surface area contributed by atoms with Gasteiger partial charge in [-0.2, -0.15) is 0 Å². The molecule has 0 saturated carbocycles. The van der Waals surface area contributed by atoms with Crippen molar-refractivity contribution in [2.75, 3.05) is 0 Å². The summed E-state index contributed by atoms with van der Waals surface area (Å²) in [7, 11) is 0. The summed E-state index contributed by atoms with van der Waals surface area (Å²) < 4.78 is 16.7. The summed E-state index contributed by atoms with van der Waals surface area (Å²) in [4.78, 5) is 12.4. The zero-order valence-corrected chi connectivity index (χ0v) is 16.0. The molecule has 0 radical (unpaired) electrons. The van der Waals surface area contributed by atoms with E-state index in [-0.39, 0.29) is 17.1 Å². The van der Waals surface area contributed by atoms with E-state index < -0.39 is 48.7 Å². The highest BCUT2D eigenvalue weighted by Gasteiger charge is 2.43. The molecule has 2 aliphatic rings. The van der Waals surface area contributed by atoms with Crippen LogP contribution in [0, 0.1) is 0 Å². The Kier molecular flexibility index (Phi) is 5.39. The van der Waals surface area contributed by atoms with Crippen molar-refractivity contribution < 1.29 is 44.5 Å². The molecule has 0 aromatic heterocycles. The van der Waals surface area contributed by atoms with Crippen LogP contribution in [0.2, 0.25) is 0 Å². The standard InChI is InChI=1S/C21H22O9/c1-9-15(23)17(25)19(27)21(28-9)29-12-5-2-10(3-6-12)20-18(26)16(24)13-7-4-11(22)8-14(13)30-20/h2-9,15,17-23,25-27H,1H3/t9-,15-,17+,18?,19+,20?,21-/m0/s1. The number of phenols is 1.